The second-order valence-corrected chi connectivity index (χ2v) is 20.1. The smallest absolute Gasteiger partial charge is 0.324 e. The van der Waals surface area contributed by atoms with Crippen LogP contribution in [0.5, 0.6) is 0 Å². The molecule has 0 saturated carbocycles. The minimum atomic E-state index is -3.00. The van der Waals surface area contributed by atoms with Crippen LogP contribution in [-0.4, -0.2) is 156 Å². The van der Waals surface area contributed by atoms with Crippen molar-refractivity contribution in [2.75, 3.05) is 66.7 Å². The minimum absolute atomic E-state index is 0.0127. The number of halogens is 3. The number of nitrogens with one attached hydrogen (secondary N) is 2. The van der Waals surface area contributed by atoms with Crippen molar-refractivity contribution in [2.24, 2.45) is 16.3 Å². The number of fused-ring (bicyclic) bond motifs is 6. The van der Waals surface area contributed by atoms with Crippen LogP contribution in [-0.2, 0) is 48.0 Å². The maximum Gasteiger partial charge on any atom is 0.324 e. The number of esters is 1. The molecule has 7 rings (SSSR count). The second kappa shape index (κ2) is 20.7. The third-order valence-electron chi connectivity index (χ3n) is 13.0. The van der Waals surface area contributed by atoms with Gasteiger partial charge >= 0.3 is 12.0 Å². The van der Waals surface area contributed by atoms with Crippen LogP contribution >= 0.6 is 11.3 Å². The highest BCUT2D eigenvalue weighted by molar-refractivity contribution is 7.10. The number of alkyl halides is 2. The van der Waals surface area contributed by atoms with Crippen molar-refractivity contribution < 1.29 is 46.6 Å². The van der Waals surface area contributed by atoms with E-state index >= 15 is 4.39 Å². The molecule has 20 heteroatoms. The molecule has 0 spiro atoms. The number of carbonyl (C=O) groups excluding carboxylic acids is 4. The lowest BCUT2D eigenvalue weighted by atomic mass is 9.85. The Morgan fingerprint density at radius 2 is 1.87 bits per heavy atom. The number of carbonyl (C=O) groups is 4. The number of aryl methyl sites for hydroxylation is 1. The molecule has 370 valence electrons. The first-order valence-corrected chi connectivity index (χ1v) is 24.1. The number of hydrogen-bond donors (Lipinski definition) is 2. The number of thiazole rings is 1. The standard InChI is InChI=1S/C48H64F3N9O7S/c1-10-59-39-19-34(49)32-18-31(39)33(40(59)20-36(30(5)65-9)52-23-29(4)57-14-16-66-17-15-57)22-47(6,7)27-67-45(63)35-12-11-13-60(55-35)44(62)37(21-41-53-38(32)24-68-41)54-43(61)42(28(2)3)56(8)46(64)58-25-48(50,51)26-58/h18-20,23-24,28,30,35,37,42,55H,4,10-17,21-22,25-27H2,1-3,5-9H3,(H,54,61)/b36-20+,52-23-/t30-,35-,37-,42-/m0/s1. The fourth-order valence-corrected chi connectivity index (χ4v) is 10.1. The molecule has 4 amide bonds. The number of rotatable bonds is 11. The summed E-state index contributed by atoms with van der Waals surface area (Å²) < 4.78 is 63.6. The van der Waals surface area contributed by atoms with Crippen LogP contribution in [0.25, 0.3) is 28.2 Å². The molecule has 4 aliphatic rings. The minimum Gasteiger partial charge on any atom is -0.464 e. The molecular weight excluding hydrogens is 904 g/mol. The van der Waals surface area contributed by atoms with Crippen LogP contribution < -0.4 is 10.7 Å². The van der Waals surface area contributed by atoms with E-state index in [0.29, 0.717) is 74.0 Å². The van der Waals surface area contributed by atoms with Gasteiger partial charge in [-0.1, -0.05) is 34.3 Å². The van der Waals surface area contributed by atoms with Gasteiger partial charge in [0.05, 0.1) is 60.9 Å². The Hall–Kier alpha value is -5.31. The third kappa shape index (κ3) is 11.1. The summed E-state index contributed by atoms with van der Waals surface area (Å²) in [6.07, 6.45) is 4.40. The van der Waals surface area contributed by atoms with E-state index in [9.17, 15) is 28.0 Å². The Balaban J connectivity index is 1.29. The molecule has 0 unspecified atom stereocenters. The highest BCUT2D eigenvalue weighted by Gasteiger charge is 2.48. The number of aliphatic imine (C=N–C) groups is 1. The monoisotopic (exact) mass is 967 g/mol. The quantitative estimate of drug-likeness (QED) is 0.175. The van der Waals surface area contributed by atoms with Gasteiger partial charge in [-0.15, -0.1) is 11.3 Å². The number of hydrazine groups is 1. The highest BCUT2D eigenvalue weighted by atomic mass is 32.1. The number of urea groups is 1. The fourth-order valence-electron chi connectivity index (χ4n) is 9.22. The third-order valence-corrected chi connectivity index (χ3v) is 13.9. The average molecular weight is 968 g/mol. The van der Waals surface area contributed by atoms with Gasteiger partial charge in [-0.3, -0.25) is 24.4 Å². The highest BCUT2D eigenvalue weighted by Crippen LogP contribution is 2.39. The molecule has 6 bridgehead atoms. The summed E-state index contributed by atoms with van der Waals surface area (Å²) in [6.45, 7) is 17.3. The summed E-state index contributed by atoms with van der Waals surface area (Å²) in [5.41, 5.74) is 6.61. The van der Waals surface area contributed by atoms with E-state index in [0.717, 1.165) is 32.1 Å². The topological polar surface area (TPSA) is 163 Å². The summed E-state index contributed by atoms with van der Waals surface area (Å²) in [5, 5.41) is 7.02. The molecule has 2 aromatic heterocycles. The zero-order valence-corrected chi connectivity index (χ0v) is 41.0. The normalized spacial score (nSPS) is 22.2. The number of morpholine rings is 1. The summed E-state index contributed by atoms with van der Waals surface area (Å²) >= 11 is 1.19. The van der Waals surface area contributed by atoms with E-state index in [1.165, 1.54) is 29.5 Å². The van der Waals surface area contributed by atoms with Crippen LogP contribution in [0, 0.1) is 17.2 Å². The number of likely N-dealkylation sites (N-methyl/N-ethyl adjacent to an activating group) is 1. The van der Waals surface area contributed by atoms with Crippen LogP contribution in [0.1, 0.15) is 70.6 Å². The average Bonchev–Trinajstić information content (AvgIpc) is 3.87. The van der Waals surface area contributed by atoms with Gasteiger partial charge in [-0.25, -0.2) is 28.4 Å². The zero-order chi connectivity index (χ0) is 49.2. The lowest BCUT2D eigenvalue weighted by Crippen LogP contribution is -2.65. The van der Waals surface area contributed by atoms with Gasteiger partial charge < -0.3 is 38.8 Å². The molecule has 16 nitrogen and oxygen atoms in total. The van der Waals surface area contributed by atoms with Crippen LogP contribution in [0.4, 0.5) is 18.0 Å². The van der Waals surface area contributed by atoms with Crippen LogP contribution in [0.3, 0.4) is 0 Å². The number of amides is 4. The fraction of sp³-hybridized carbons (Fsp3) is 0.583. The van der Waals surface area contributed by atoms with E-state index in [1.807, 2.05) is 38.3 Å². The van der Waals surface area contributed by atoms with Crippen LogP contribution in [0.2, 0.25) is 0 Å². The second-order valence-electron chi connectivity index (χ2n) is 19.2. The molecule has 3 saturated heterocycles. The zero-order valence-electron chi connectivity index (χ0n) is 40.2. The van der Waals surface area contributed by atoms with E-state index < -0.39 is 84.2 Å². The Morgan fingerprint density at radius 1 is 1.15 bits per heavy atom. The molecule has 1 aromatic carbocycles. The Bertz CT molecular complexity index is 2460. The molecule has 2 N–H and O–H groups in total. The lowest BCUT2D eigenvalue weighted by Gasteiger charge is -2.42. The number of methoxy groups -OCH3 is 1. The number of likely N-dealkylation sites (tertiary alicyclic amines) is 1. The molecule has 0 aliphatic carbocycles. The largest absolute Gasteiger partial charge is 0.464 e. The Kier molecular flexibility index (Phi) is 15.4. The van der Waals surface area contributed by atoms with Crippen molar-refractivity contribution >= 4 is 58.3 Å². The molecule has 4 atom stereocenters. The molecule has 4 aliphatic heterocycles. The number of ether oxygens (including phenoxy) is 3. The summed E-state index contributed by atoms with van der Waals surface area (Å²) in [7, 11) is 2.98. The first-order chi connectivity index (χ1) is 32.2. The number of hydrogen-bond acceptors (Lipinski definition) is 12. The van der Waals surface area contributed by atoms with Crippen molar-refractivity contribution in [3.05, 3.63) is 57.6 Å². The predicted octanol–water partition coefficient (Wildman–Crippen LogP) is 5.89. The van der Waals surface area contributed by atoms with Crippen molar-refractivity contribution in [2.45, 2.75) is 104 Å². The van der Waals surface area contributed by atoms with Crippen molar-refractivity contribution in [1.29, 1.82) is 0 Å². The number of aromatic nitrogens is 2. The van der Waals surface area contributed by atoms with Gasteiger partial charge in [0.15, 0.2) is 0 Å². The van der Waals surface area contributed by atoms with E-state index in [1.54, 1.807) is 38.6 Å². The number of allylic oxidation sites excluding steroid dienone is 1. The van der Waals surface area contributed by atoms with Gasteiger partial charge in [0, 0.05) is 86.1 Å². The van der Waals surface area contributed by atoms with Crippen molar-refractivity contribution in [3.63, 3.8) is 0 Å². The maximum atomic E-state index is 16.7. The molecule has 68 heavy (non-hydrogen) atoms. The predicted molar refractivity (Wildman–Crippen MR) is 253 cm³/mol. The summed E-state index contributed by atoms with van der Waals surface area (Å²) in [4.78, 5) is 69.8. The molecule has 0 radical (unpaired) electrons. The van der Waals surface area contributed by atoms with E-state index in [4.69, 9.17) is 24.2 Å². The molecular formula is C48H64F3N9O7S. The summed E-state index contributed by atoms with van der Waals surface area (Å²) in [5.74, 6) is -5.80. The van der Waals surface area contributed by atoms with Gasteiger partial charge in [0.2, 0.25) is 5.91 Å². The first kappa shape index (κ1) is 50.6. The van der Waals surface area contributed by atoms with Gasteiger partial charge in [0.1, 0.15) is 23.9 Å². The Labute approximate surface area is 399 Å². The maximum absolute atomic E-state index is 16.7. The molecule has 3 fully saturated rings. The first-order valence-electron chi connectivity index (χ1n) is 23.2. The van der Waals surface area contributed by atoms with E-state index in [-0.39, 0.29) is 25.1 Å². The van der Waals surface area contributed by atoms with Gasteiger partial charge in [-0.2, -0.15) is 0 Å². The van der Waals surface area contributed by atoms with Crippen molar-refractivity contribution in [1.82, 2.24) is 40.0 Å². The van der Waals surface area contributed by atoms with Gasteiger partial charge in [-0.05, 0) is 62.8 Å². The lowest BCUT2D eigenvalue weighted by molar-refractivity contribution is -0.155. The van der Waals surface area contributed by atoms with Gasteiger partial charge in [0.25, 0.3) is 11.8 Å². The van der Waals surface area contributed by atoms with Crippen LogP contribution in [0.15, 0.2) is 40.5 Å². The molecule has 6 heterocycles. The number of cyclic esters (lactones) is 1. The SMILES string of the molecule is C=C(/C=N\C(=C\c1c2c3cc(c(F)cc3n1CC)-c1csc(n1)C[C@H](NC(=O)[C@H](C(C)C)N(C)C(=O)N1CC(F)(F)C1)C(=O)N1CCC[C@H](N1)C(=O)OCC(C)(C)C2)[C@H](C)OC)N1CCOCC1. The Morgan fingerprint density at radius 3 is 2.53 bits per heavy atom. The number of nitrogens with zero attached hydrogens (tertiary/aromatic N) is 7. The summed E-state index contributed by atoms with van der Waals surface area (Å²) in [6, 6.07) is -0.721. The van der Waals surface area contributed by atoms with E-state index in [2.05, 4.69) is 22.2 Å². The molecule has 3 aromatic rings. The number of benzene rings is 1. The van der Waals surface area contributed by atoms with Crippen molar-refractivity contribution in [3.8, 4) is 11.3 Å².